The van der Waals surface area contributed by atoms with Crippen molar-refractivity contribution in [3.63, 3.8) is 0 Å². The Kier molecular flexibility index (Phi) is 4.62. The summed E-state index contributed by atoms with van der Waals surface area (Å²) < 4.78 is 11.9. The van der Waals surface area contributed by atoms with Crippen LogP contribution in [0, 0.1) is 0 Å². The van der Waals surface area contributed by atoms with E-state index in [4.69, 9.17) is 14.5 Å². The highest BCUT2D eigenvalue weighted by atomic mass is 32.1. The second-order valence-corrected chi connectivity index (χ2v) is 7.73. The fourth-order valence-electron chi connectivity index (χ4n) is 3.33. The van der Waals surface area contributed by atoms with Crippen molar-refractivity contribution in [2.24, 2.45) is 0 Å². The predicted molar refractivity (Wildman–Crippen MR) is 114 cm³/mol. The maximum absolute atomic E-state index is 13.4. The summed E-state index contributed by atoms with van der Waals surface area (Å²) in [6.07, 6.45) is 0.743. The molecule has 29 heavy (non-hydrogen) atoms. The van der Waals surface area contributed by atoms with Crippen molar-refractivity contribution >= 4 is 32.6 Å². The van der Waals surface area contributed by atoms with Crippen LogP contribution in [0.3, 0.4) is 0 Å². The number of hydrogen-bond acceptors (Lipinski definition) is 5. The zero-order valence-electron chi connectivity index (χ0n) is 15.6. The maximum atomic E-state index is 13.4. The Labute approximate surface area is 172 Å². The number of nitrogens with zero attached hydrogens (tertiary/aromatic N) is 2. The molecule has 0 atom stereocenters. The molecule has 0 N–H and O–H groups in total. The van der Waals surface area contributed by atoms with E-state index in [9.17, 15) is 4.79 Å². The second-order valence-electron chi connectivity index (χ2n) is 6.72. The third-order valence-corrected chi connectivity index (χ3v) is 5.90. The maximum Gasteiger partial charge on any atom is 0.260 e. The molecule has 0 unspecified atom stereocenters. The number of anilines is 1. The summed E-state index contributed by atoms with van der Waals surface area (Å²) in [5, 5.41) is 0.699. The molecule has 144 valence electrons. The first-order valence-electron chi connectivity index (χ1n) is 9.39. The van der Waals surface area contributed by atoms with Crippen LogP contribution in [0.15, 0.2) is 72.8 Å². The quantitative estimate of drug-likeness (QED) is 0.476. The van der Waals surface area contributed by atoms with Gasteiger partial charge in [-0.15, -0.1) is 0 Å². The van der Waals surface area contributed by atoms with E-state index in [1.165, 1.54) is 16.9 Å². The molecule has 0 radical (unpaired) electrons. The molecule has 5 nitrogen and oxygen atoms in total. The standard InChI is InChI=1S/C23H18N2O3S/c26-22(17-10-11-19-20(14-17)28-15-27-19)25(13-12-16-6-2-1-3-7-16)23-24-18-8-4-5-9-21(18)29-23/h1-11,14H,12-13,15H2. The molecule has 0 saturated carbocycles. The van der Waals surface area contributed by atoms with Crippen molar-refractivity contribution in [1.29, 1.82) is 0 Å². The van der Waals surface area contributed by atoms with E-state index < -0.39 is 0 Å². The van der Waals surface area contributed by atoms with E-state index in [1.54, 1.807) is 23.1 Å². The number of benzene rings is 3. The zero-order chi connectivity index (χ0) is 19.6. The molecule has 5 rings (SSSR count). The third-order valence-electron chi connectivity index (χ3n) is 4.85. The van der Waals surface area contributed by atoms with E-state index in [0.29, 0.717) is 28.7 Å². The molecule has 1 aliphatic rings. The number of para-hydroxylation sites is 1. The van der Waals surface area contributed by atoms with E-state index in [1.807, 2.05) is 42.5 Å². The Morgan fingerprint density at radius 3 is 2.62 bits per heavy atom. The molecule has 0 saturated heterocycles. The van der Waals surface area contributed by atoms with Crippen LogP contribution in [0.1, 0.15) is 15.9 Å². The number of carbonyl (C=O) groups excluding carboxylic acids is 1. The summed E-state index contributed by atoms with van der Waals surface area (Å²) in [6, 6.07) is 23.4. The average Bonchev–Trinajstić information content (AvgIpc) is 3.40. The SMILES string of the molecule is O=C(c1ccc2c(c1)OCO2)N(CCc1ccccc1)c1nc2ccccc2s1. The zero-order valence-corrected chi connectivity index (χ0v) is 16.4. The van der Waals surface area contributed by atoms with Crippen LogP contribution in [0.2, 0.25) is 0 Å². The molecule has 4 aromatic rings. The molecule has 0 aliphatic carbocycles. The van der Waals surface area contributed by atoms with Gasteiger partial charge < -0.3 is 9.47 Å². The van der Waals surface area contributed by atoms with Crippen LogP contribution in [0.4, 0.5) is 5.13 Å². The second kappa shape index (κ2) is 7.56. The van der Waals surface area contributed by atoms with E-state index >= 15 is 0 Å². The number of carbonyl (C=O) groups is 1. The van der Waals surface area contributed by atoms with Gasteiger partial charge in [0.2, 0.25) is 6.79 Å². The fourth-order valence-corrected chi connectivity index (χ4v) is 4.32. The predicted octanol–water partition coefficient (Wildman–Crippen LogP) is 4.91. The number of aromatic nitrogens is 1. The fraction of sp³-hybridized carbons (Fsp3) is 0.130. The summed E-state index contributed by atoms with van der Waals surface area (Å²) >= 11 is 1.53. The van der Waals surface area contributed by atoms with Gasteiger partial charge in [0.05, 0.1) is 10.2 Å². The summed E-state index contributed by atoms with van der Waals surface area (Å²) in [5.74, 6) is 1.17. The first-order chi connectivity index (χ1) is 14.3. The van der Waals surface area contributed by atoms with Crippen molar-refractivity contribution in [3.05, 3.63) is 83.9 Å². The van der Waals surface area contributed by atoms with Gasteiger partial charge in [0, 0.05) is 12.1 Å². The Bertz CT molecular complexity index is 1140. The van der Waals surface area contributed by atoms with Gasteiger partial charge >= 0.3 is 0 Å². The highest BCUT2D eigenvalue weighted by molar-refractivity contribution is 7.22. The molecule has 1 aliphatic heterocycles. The number of fused-ring (bicyclic) bond motifs is 2. The number of amides is 1. The first-order valence-corrected chi connectivity index (χ1v) is 10.2. The molecule has 2 heterocycles. The number of thiazole rings is 1. The van der Waals surface area contributed by atoms with Gasteiger partial charge in [-0.05, 0) is 42.3 Å². The monoisotopic (exact) mass is 402 g/mol. The molecule has 0 spiro atoms. The van der Waals surface area contributed by atoms with Gasteiger partial charge in [-0.1, -0.05) is 53.8 Å². The molecule has 1 amide bonds. The van der Waals surface area contributed by atoms with Crippen molar-refractivity contribution in [3.8, 4) is 11.5 Å². The van der Waals surface area contributed by atoms with Crippen LogP contribution in [-0.2, 0) is 6.42 Å². The van der Waals surface area contributed by atoms with E-state index in [0.717, 1.165) is 16.6 Å². The van der Waals surface area contributed by atoms with Crippen LogP contribution < -0.4 is 14.4 Å². The van der Waals surface area contributed by atoms with Crippen LogP contribution in [-0.4, -0.2) is 24.2 Å². The number of ether oxygens (including phenoxy) is 2. The minimum absolute atomic E-state index is 0.0988. The summed E-state index contributed by atoms with van der Waals surface area (Å²) in [6.45, 7) is 0.722. The Balaban J connectivity index is 1.49. The summed E-state index contributed by atoms with van der Waals surface area (Å²) in [4.78, 5) is 19.9. The summed E-state index contributed by atoms with van der Waals surface area (Å²) in [7, 11) is 0. The molecular formula is C23H18N2O3S. The lowest BCUT2D eigenvalue weighted by Crippen LogP contribution is -2.32. The van der Waals surface area contributed by atoms with Gasteiger partial charge in [0.15, 0.2) is 16.6 Å². The van der Waals surface area contributed by atoms with Crippen LogP contribution in [0.25, 0.3) is 10.2 Å². The van der Waals surface area contributed by atoms with Crippen molar-refractivity contribution in [2.75, 3.05) is 18.2 Å². The lowest BCUT2D eigenvalue weighted by Gasteiger charge is -2.20. The highest BCUT2D eigenvalue weighted by Gasteiger charge is 2.23. The van der Waals surface area contributed by atoms with Gasteiger partial charge in [-0.25, -0.2) is 4.98 Å². The van der Waals surface area contributed by atoms with Gasteiger partial charge in [-0.2, -0.15) is 0 Å². The third kappa shape index (κ3) is 3.54. The molecular weight excluding hydrogens is 384 g/mol. The molecule has 3 aromatic carbocycles. The Hall–Kier alpha value is -3.38. The van der Waals surface area contributed by atoms with E-state index in [2.05, 4.69) is 12.1 Å². The largest absolute Gasteiger partial charge is 0.454 e. The Morgan fingerprint density at radius 1 is 0.966 bits per heavy atom. The van der Waals surface area contributed by atoms with Gasteiger partial charge in [-0.3, -0.25) is 9.69 Å². The van der Waals surface area contributed by atoms with Crippen molar-refractivity contribution in [1.82, 2.24) is 4.98 Å². The normalized spacial score (nSPS) is 12.3. The van der Waals surface area contributed by atoms with Crippen LogP contribution in [0.5, 0.6) is 11.5 Å². The minimum Gasteiger partial charge on any atom is -0.454 e. The summed E-state index contributed by atoms with van der Waals surface area (Å²) in [5.41, 5.74) is 2.63. The highest BCUT2D eigenvalue weighted by Crippen LogP contribution is 2.34. The van der Waals surface area contributed by atoms with Crippen molar-refractivity contribution in [2.45, 2.75) is 6.42 Å². The number of rotatable bonds is 5. The lowest BCUT2D eigenvalue weighted by atomic mass is 10.1. The Morgan fingerprint density at radius 2 is 1.76 bits per heavy atom. The van der Waals surface area contributed by atoms with Gasteiger partial charge in [0.1, 0.15) is 0 Å². The molecule has 0 fully saturated rings. The smallest absolute Gasteiger partial charge is 0.260 e. The topological polar surface area (TPSA) is 51.7 Å². The van der Waals surface area contributed by atoms with Crippen molar-refractivity contribution < 1.29 is 14.3 Å². The molecule has 0 bridgehead atoms. The minimum atomic E-state index is -0.0988. The average molecular weight is 402 g/mol. The first kappa shape index (κ1) is 17.7. The molecule has 6 heteroatoms. The van der Waals surface area contributed by atoms with Gasteiger partial charge in [0.25, 0.3) is 5.91 Å². The van der Waals surface area contributed by atoms with Crippen LogP contribution >= 0.6 is 11.3 Å². The number of hydrogen-bond donors (Lipinski definition) is 0. The molecule has 1 aromatic heterocycles. The van der Waals surface area contributed by atoms with E-state index in [-0.39, 0.29) is 12.7 Å². The lowest BCUT2D eigenvalue weighted by molar-refractivity contribution is 0.0986.